The summed E-state index contributed by atoms with van der Waals surface area (Å²) in [7, 11) is 3.22. The fraction of sp³-hybridized carbons (Fsp3) is 0.368. The summed E-state index contributed by atoms with van der Waals surface area (Å²) in [6.07, 6.45) is 0. The van der Waals surface area contributed by atoms with Crippen molar-refractivity contribution in [2.75, 3.05) is 56.5 Å². The molecule has 3 heterocycles. The number of hydrogen-bond acceptors (Lipinski definition) is 11. The first kappa shape index (κ1) is 21.8. The minimum absolute atomic E-state index is 0.147. The Morgan fingerprint density at radius 1 is 1.26 bits per heavy atom. The number of benzene rings is 1. The molecule has 31 heavy (non-hydrogen) atoms. The van der Waals surface area contributed by atoms with E-state index in [0.717, 1.165) is 28.1 Å². The number of anilines is 2. The van der Waals surface area contributed by atoms with Gasteiger partial charge in [-0.2, -0.15) is 0 Å². The topological polar surface area (TPSA) is 98.7 Å². The lowest BCUT2D eigenvalue weighted by molar-refractivity contribution is -0.113. The van der Waals surface area contributed by atoms with Gasteiger partial charge in [-0.05, 0) is 18.2 Å². The van der Waals surface area contributed by atoms with Crippen molar-refractivity contribution in [3.8, 4) is 22.8 Å². The molecule has 0 atom stereocenters. The van der Waals surface area contributed by atoms with Crippen LogP contribution in [-0.2, 0) is 9.53 Å². The third-order valence-electron chi connectivity index (χ3n) is 4.44. The molecule has 1 aliphatic heterocycles. The SMILES string of the molecule is COc1ccc(OC)c(-c2csc(NC(=O)CSc3nnc(N4CCOCC4)s3)n2)c1. The monoisotopic (exact) mass is 479 g/mol. The molecule has 1 amide bonds. The van der Waals surface area contributed by atoms with Crippen molar-refractivity contribution < 1.29 is 19.0 Å². The summed E-state index contributed by atoms with van der Waals surface area (Å²) in [4.78, 5) is 19.1. The molecule has 9 nitrogen and oxygen atoms in total. The summed E-state index contributed by atoms with van der Waals surface area (Å²) in [5.41, 5.74) is 1.51. The van der Waals surface area contributed by atoms with E-state index in [1.807, 2.05) is 23.6 Å². The highest BCUT2D eigenvalue weighted by molar-refractivity contribution is 8.01. The summed E-state index contributed by atoms with van der Waals surface area (Å²) in [6, 6.07) is 5.51. The molecule has 1 N–H and O–H groups in total. The Morgan fingerprint density at radius 2 is 2.10 bits per heavy atom. The molecule has 1 aliphatic rings. The minimum Gasteiger partial charge on any atom is -0.497 e. The molecule has 0 bridgehead atoms. The van der Waals surface area contributed by atoms with E-state index in [9.17, 15) is 4.79 Å². The molecule has 1 aromatic carbocycles. The number of aromatic nitrogens is 3. The molecule has 0 unspecified atom stereocenters. The maximum atomic E-state index is 12.4. The Hall–Kier alpha value is -2.41. The van der Waals surface area contributed by atoms with Crippen LogP contribution in [0, 0.1) is 0 Å². The lowest BCUT2D eigenvalue weighted by Crippen LogP contribution is -2.36. The number of carbonyl (C=O) groups excluding carboxylic acids is 1. The Balaban J connectivity index is 1.34. The first-order valence-electron chi connectivity index (χ1n) is 9.43. The van der Waals surface area contributed by atoms with E-state index in [0.29, 0.717) is 35.5 Å². The number of hydrogen-bond donors (Lipinski definition) is 1. The van der Waals surface area contributed by atoms with Crippen LogP contribution in [0.15, 0.2) is 27.9 Å². The first-order valence-corrected chi connectivity index (χ1v) is 12.1. The zero-order valence-corrected chi connectivity index (χ0v) is 19.4. The Kier molecular flexibility index (Phi) is 7.22. The van der Waals surface area contributed by atoms with Gasteiger partial charge in [0.25, 0.3) is 0 Å². The molecule has 2 aromatic heterocycles. The lowest BCUT2D eigenvalue weighted by Gasteiger charge is -2.25. The van der Waals surface area contributed by atoms with Gasteiger partial charge in [0.1, 0.15) is 11.5 Å². The van der Waals surface area contributed by atoms with E-state index < -0.39 is 0 Å². The quantitative estimate of drug-likeness (QED) is 0.488. The summed E-state index contributed by atoms with van der Waals surface area (Å²) < 4.78 is 16.8. The molecular weight excluding hydrogens is 458 g/mol. The van der Waals surface area contributed by atoms with Crippen molar-refractivity contribution in [3.63, 3.8) is 0 Å². The summed E-state index contributed by atoms with van der Waals surface area (Å²) in [6.45, 7) is 3.01. The van der Waals surface area contributed by atoms with E-state index in [1.54, 1.807) is 14.2 Å². The van der Waals surface area contributed by atoms with E-state index in [4.69, 9.17) is 14.2 Å². The molecule has 1 fully saturated rings. The standard InChI is InChI=1S/C19H21N5O4S3/c1-26-12-3-4-15(27-2)13(9-12)14-10-29-17(20-14)21-16(25)11-30-19-23-22-18(31-19)24-5-7-28-8-6-24/h3-4,9-10H,5-8,11H2,1-2H3,(H,20,21,25). The highest BCUT2D eigenvalue weighted by Gasteiger charge is 2.17. The van der Waals surface area contributed by atoms with Crippen LogP contribution in [0.1, 0.15) is 0 Å². The number of rotatable bonds is 8. The summed E-state index contributed by atoms with van der Waals surface area (Å²) in [5.74, 6) is 1.48. The van der Waals surface area contributed by atoms with Crippen molar-refractivity contribution in [1.82, 2.24) is 15.2 Å². The zero-order chi connectivity index (χ0) is 21.6. The number of ether oxygens (including phenoxy) is 3. The van der Waals surface area contributed by atoms with Gasteiger partial charge in [0.15, 0.2) is 9.47 Å². The fourth-order valence-electron chi connectivity index (χ4n) is 2.90. The molecule has 4 rings (SSSR count). The zero-order valence-electron chi connectivity index (χ0n) is 17.0. The smallest absolute Gasteiger partial charge is 0.236 e. The molecule has 3 aromatic rings. The molecule has 164 valence electrons. The number of carbonyl (C=O) groups is 1. The van der Waals surface area contributed by atoms with Crippen LogP contribution in [0.4, 0.5) is 10.3 Å². The van der Waals surface area contributed by atoms with Crippen molar-refractivity contribution in [3.05, 3.63) is 23.6 Å². The van der Waals surface area contributed by atoms with Crippen LogP contribution in [0.5, 0.6) is 11.5 Å². The van der Waals surface area contributed by atoms with Gasteiger partial charge in [0.05, 0.1) is 38.9 Å². The van der Waals surface area contributed by atoms with Crippen LogP contribution in [0.25, 0.3) is 11.3 Å². The van der Waals surface area contributed by atoms with Crippen LogP contribution >= 0.6 is 34.4 Å². The number of amides is 1. The number of methoxy groups -OCH3 is 2. The van der Waals surface area contributed by atoms with Gasteiger partial charge in [0, 0.05) is 24.0 Å². The van der Waals surface area contributed by atoms with Crippen molar-refractivity contribution in [2.24, 2.45) is 0 Å². The van der Waals surface area contributed by atoms with E-state index in [1.165, 1.54) is 34.4 Å². The number of morpholine rings is 1. The highest BCUT2D eigenvalue weighted by Crippen LogP contribution is 2.35. The van der Waals surface area contributed by atoms with Crippen molar-refractivity contribution >= 4 is 50.6 Å². The average Bonchev–Trinajstić information content (AvgIpc) is 3.47. The largest absolute Gasteiger partial charge is 0.497 e. The third-order valence-corrected chi connectivity index (χ3v) is 7.31. The molecule has 0 spiro atoms. The van der Waals surface area contributed by atoms with Crippen LogP contribution < -0.4 is 19.7 Å². The van der Waals surface area contributed by atoms with Gasteiger partial charge in [-0.25, -0.2) is 4.98 Å². The predicted molar refractivity (Wildman–Crippen MR) is 123 cm³/mol. The maximum Gasteiger partial charge on any atom is 0.236 e. The second-order valence-corrected chi connectivity index (χ2v) is 9.43. The summed E-state index contributed by atoms with van der Waals surface area (Å²) >= 11 is 4.21. The molecule has 0 radical (unpaired) electrons. The number of thioether (sulfide) groups is 1. The fourth-order valence-corrected chi connectivity index (χ4v) is 5.31. The van der Waals surface area contributed by atoms with Gasteiger partial charge in [0.2, 0.25) is 11.0 Å². The van der Waals surface area contributed by atoms with Crippen molar-refractivity contribution in [2.45, 2.75) is 4.34 Å². The average molecular weight is 480 g/mol. The van der Waals surface area contributed by atoms with E-state index in [-0.39, 0.29) is 11.7 Å². The van der Waals surface area contributed by atoms with Crippen LogP contribution in [-0.4, -0.2) is 67.4 Å². The number of nitrogens with one attached hydrogen (secondary N) is 1. The molecule has 12 heteroatoms. The van der Waals surface area contributed by atoms with E-state index >= 15 is 0 Å². The maximum absolute atomic E-state index is 12.4. The Morgan fingerprint density at radius 3 is 2.87 bits per heavy atom. The molecule has 0 saturated carbocycles. The second kappa shape index (κ2) is 10.3. The third kappa shape index (κ3) is 5.45. The van der Waals surface area contributed by atoms with E-state index in [2.05, 4.69) is 25.4 Å². The predicted octanol–water partition coefficient (Wildman–Crippen LogP) is 3.25. The normalized spacial score (nSPS) is 13.8. The van der Waals surface area contributed by atoms with Gasteiger partial charge in [-0.15, -0.1) is 21.5 Å². The minimum atomic E-state index is -0.147. The molecule has 1 saturated heterocycles. The van der Waals surface area contributed by atoms with Crippen LogP contribution in [0.2, 0.25) is 0 Å². The second-order valence-electron chi connectivity index (χ2n) is 6.39. The van der Waals surface area contributed by atoms with Crippen LogP contribution in [0.3, 0.4) is 0 Å². The summed E-state index contributed by atoms with van der Waals surface area (Å²) in [5, 5.41) is 14.5. The number of nitrogens with zero attached hydrogens (tertiary/aromatic N) is 4. The van der Waals surface area contributed by atoms with Crippen molar-refractivity contribution in [1.29, 1.82) is 0 Å². The van der Waals surface area contributed by atoms with Gasteiger partial charge in [-0.1, -0.05) is 23.1 Å². The van der Waals surface area contributed by atoms with Gasteiger partial charge in [-0.3, -0.25) is 4.79 Å². The lowest BCUT2D eigenvalue weighted by atomic mass is 10.1. The number of thiazole rings is 1. The Bertz CT molecular complexity index is 1040. The highest BCUT2D eigenvalue weighted by atomic mass is 32.2. The van der Waals surface area contributed by atoms with Gasteiger partial charge < -0.3 is 24.4 Å². The molecule has 0 aliphatic carbocycles. The van der Waals surface area contributed by atoms with Gasteiger partial charge >= 0.3 is 0 Å². The molecular formula is C19H21N5O4S3. The first-order chi connectivity index (χ1) is 15.2. The Labute approximate surface area is 191 Å².